The fourth-order valence-electron chi connectivity index (χ4n) is 2.72. The number of thiazole rings is 1. The summed E-state index contributed by atoms with van der Waals surface area (Å²) in [5.74, 6) is -0.533. The third-order valence-electron chi connectivity index (χ3n) is 4.16. The maximum Gasteiger partial charge on any atom is 0.433 e. The van der Waals surface area contributed by atoms with Gasteiger partial charge in [0.05, 0.1) is 6.07 Å². The summed E-state index contributed by atoms with van der Waals surface area (Å²) in [6, 6.07) is 2.46. The second-order valence-electron chi connectivity index (χ2n) is 7.42. The van der Waals surface area contributed by atoms with Gasteiger partial charge in [-0.25, -0.2) is 0 Å². The van der Waals surface area contributed by atoms with Crippen molar-refractivity contribution < 1.29 is 14.1 Å². The number of nitrogens with zero attached hydrogens (tertiary/aromatic N) is 3. The Morgan fingerprint density at radius 1 is 1.44 bits per heavy atom. The van der Waals surface area contributed by atoms with Crippen molar-refractivity contribution in [3.05, 3.63) is 43.4 Å². The van der Waals surface area contributed by atoms with Gasteiger partial charge in [-0.05, 0) is 37.2 Å². The standard InChI is InChI=1S/C17H21N3O4S/c1-10-14(17(2,3)4)25-16(19(10)9-11-5-6-11)18-15(21)12-7-8-13(24-12)20(22)23/h7-8,11H,5-6,9H2,1-4H3/b18-16-. The molecule has 2 aromatic heterocycles. The van der Waals surface area contributed by atoms with Crippen molar-refractivity contribution in [1.29, 1.82) is 0 Å². The van der Waals surface area contributed by atoms with E-state index in [1.807, 2.05) is 0 Å². The topological polar surface area (TPSA) is 90.6 Å². The first-order chi connectivity index (χ1) is 11.7. The fourth-order valence-corrected chi connectivity index (χ4v) is 3.92. The van der Waals surface area contributed by atoms with Gasteiger partial charge in [0.25, 0.3) is 0 Å². The van der Waals surface area contributed by atoms with Crippen molar-refractivity contribution in [3.63, 3.8) is 0 Å². The fraction of sp³-hybridized carbons (Fsp3) is 0.529. The first kappa shape index (κ1) is 17.6. The van der Waals surface area contributed by atoms with E-state index in [0.29, 0.717) is 10.7 Å². The minimum Gasteiger partial charge on any atom is -0.395 e. The molecular weight excluding hydrogens is 342 g/mol. The van der Waals surface area contributed by atoms with Gasteiger partial charge in [-0.3, -0.25) is 14.9 Å². The van der Waals surface area contributed by atoms with Crippen LogP contribution in [-0.2, 0) is 12.0 Å². The molecule has 7 nitrogen and oxygen atoms in total. The molecule has 0 atom stereocenters. The second kappa shape index (κ2) is 6.25. The molecule has 1 fully saturated rings. The van der Waals surface area contributed by atoms with Crippen molar-refractivity contribution in [2.24, 2.45) is 10.9 Å². The minimum absolute atomic E-state index is 0.0413. The Labute approximate surface area is 149 Å². The molecule has 0 bridgehead atoms. The monoisotopic (exact) mass is 363 g/mol. The Bertz CT molecular complexity index is 894. The van der Waals surface area contributed by atoms with Crippen LogP contribution in [0.2, 0.25) is 0 Å². The van der Waals surface area contributed by atoms with E-state index in [2.05, 4.69) is 37.3 Å². The molecule has 0 aromatic carbocycles. The third-order valence-corrected chi connectivity index (χ3v) is 5.76. The van der Waals surface area contributed by atoms with Crippen LogP contribution in [0.1, 0.15) is 54.7 Å². The molecule has 1 saturated carbocycles. The zero-order valence-corrected chi connectivity index (χ0v) is 15.6. The smallest absolute Gasteiger partial charge is 0.395 e. The summed E-state index contributed by atoms with van der Waals surface area (Å²) in [7, 11) is 0. The zero-order valence-electron chi connectivity index (χ0n) is 14.7. The van der Waals surface area contributed by atoms with Crippen LogP contribution in [0, 0.1) is 23.0 Å². The van der Waals surface area contributed by atoms with Gasteiger partial charge in [-0.1, -0.05) is 20.8 Å². The molecule has 0 spiro atoms. The van der Waals surface area contributed by atoms with Crippen LogP contribution in [0.3, 0.4) is 0 Å². The number of amides is 1. The molecule has 1 amide bonds. The summed E-state index contributed by atoms with van der Waals surface area (Å²) in [6.07, 6.45) is 2.40. The number of nitro groups is 1. The summed E-state index contributed by atoms with van der Waals surface area (Å²) in [5, 5.41) is 10.7. The second-order valence-corrected chi connectivity index (χ2v) is 8.39. The summed E-state index contributed by atoms with van der Waals surface area (Å²) in [6.45, 7) is 9.31. The molecule has 25 heavy (non-hydrogen) atoms. The van der Waals surface area contributed by atoms with E-state index in [-0.39, 0.29) is 11.2 Å². The van der Waals surface area contributed by atoms with E-state index >= 15 is 0 Å². The molecule has 8 heteroatoms. The molecule has 0 unspecified atom stereocenters. The maximum atomic E-state index is 12.4. The van der Waals surface area contributed by atoms with Crippen LogP contribution in [0.25, 0.3) is 0 Å². The summed E-state index contributed by atoms with van der Waals surface area (Å²) in [5.41, 5.74) is 1.08. The van der Waals surface area contributed by atoms with Crippen LogP contribution in [0.4, 0.5) is 5.88 Å². The Kier molecular flexibility index (Phi) is 4.40. The number of hydrogen-bond acceptors (Lipinski definition) is 5. The predicted molar refractivity (Wildman–Crippen MR) is 93.7 cm³/mol. The lowest BCUT2D eigenvalue weighted by Crippen LogP contribution is -2.19. The molecule has 1 aliphatic carbocycles. The van der Waals surface area contributed by atoms with Crippen LogP contribution in [-0.4, -0.2) is 15.4 Å². The zero-order chi connectivity index (χ0) is 18.4. The van der Waals surface area contributed by atoms with Gasteiger partial charge < -0.3 is 8.98 Å². The highest BCUT2D eigenvalue weighted by molar-refractivity contribution is 7.09. The maximum absolute atomic E-state index is 12.4. The predicted octanol–water partition coefficient (Wildman–Crippen LogP) is 3.81. The molecule has 2 heterocycles. The Hall–Kier alpha value is -2.22. The van der Waals surface area contributed by atoms with Gasteiger partial charge in [0.15, 0.2) is 4.80 Å². The van der Waals surface area contributed by atoms with E-state index < -0.39 is 16.7 Å². The minimum atomic E-state index is -0.670. The van der Waals surface area contributed by atoms with Crippen LogP contribution in [0.15, 0.2) is 21.5 Å². The highest BCUT2D eigenvalue weighted by atomic mass is 32.1. The van der Waals surface area contributed by atoms with Crippen LogP contribution >= 0.6 is 11.3 Å². The number of rotatable bonds is 4. The molecule has 0 aliphatic heterocycles. The average Bonchev–Trinajstić information content (AvgIpc) is 3.07. The Morgan fingerprint density at radius 3 is 2.64 bits per heavy atom. The molecule has 1 aliphatic rings. The SMILES string of the molecule is Cc1c(C(C)(C)C)s/c(=N\C(=O)c2ccc([N+](=O)[O-])o2)n1CC1CC1. The van der Waals surface area contributed by atoms with Crippen molar-refractivity contribution in [2.75, 3.05) is 0 Å². The van der Waals surface area contributed by atoms with E-state index in [1.54, 1.807) is 0 Å². The quantitative estimate of drug-likeness (QED) is 0.610. The van der Waals surface area contributed by atoms with Gasteiger partial charge in [0, 0.05) is 17.1 Å². The van der Waals surface area contributed by atoms with Crippen LogP contribution < -0.4 is 4.80 Å². The van der Waals surface area contributed by atoms with Gasteiger partial charge >= 0.3 is 11.8 Å². The number of aromatic nitrogens is 1. The molecule has 0 radical (unpaired) electrons. The van der Waals surface area contributed by atoms with Crippen molar-refractivity contribution in [2.45, 2.75) is 52.5 Å². The Morgan fingerprint density at radius 2 is 2.12 bits per heavy atom. The normalized spacial score (nSPS) is 15.6. The van der Waals surface area contributed by atoms with E-state index in [9.17, 15) is 14.9 Å². The summed E-state index contributed by atoms with van der Waals surface area (Å²) < 4.78 is 7.07. The van der Waals surface area contributed by atoms with Crippen LogP contribution in [0.5, 0.6) is 0 Å². The highest BCUT2D eigenvalue weighted by Gasteiger charge is 2.27. The number of carbonyl (C=O) groups is 1. The molecule has 134 valence electrons. The first-order valence-electron chi connectivity index (χ1n) is 8.21. The van der Waals surface area contributed by atoms with Crippen molar-refractivity contribution >= 4 is 23.1 Å². The number of furan rings is 1. The van der Waals surface area contributed by atoms with Gasteiger partial charge in [0.1, 0.15) is 4.92 Å². The summed E-state index contributed by atoms with van der Waals surface area (Å²) >= 11 is 1.50. The largest absolute Gasteiger partial charge is 0.433 e. The third kappa shape index (κ3) is 3.73. The molecular formula is C17H21N3O4S. The molecule has 0 N–H and O–H groups in total. The molecule has 2 aromatic rings. The lowest BCUT2D eigenvalue weighted by Gasteiger charge is -2.17. The number of hydrogen-bond donors (Lipinski definition) is 0. The number of carbonyl (C=O) groups excluding carboxylic acids is 1. The van der Waals surface area contributed by atoms with Gasteiger partial charge in [0.2, 0.25) is 5.76 Å². The van der Waals surface area contributed by atoms with Crippen molar-refractivity contribution in [3.8, 4) is 0 Å². The lowest BCUT2D eigenvalue weighted by molar-refractivity contribution is -0.402. The average molecular weight is 363 g/mol. The lowest BCUT2D eigenvalue weighted by atomic mass is 9.93. The van der Waals surface area contributed by atoms with Gasteiger partial charge in [-0.2, -0.15) is 4.99 Å². The molecule has 0 saturated heterocycles. The van der Waals surface area contributed by atoms with Gasteiger partial charge in [-0.15, -0.1) is 11.3 Å². The van der Waals surface area contributed by atoms with E-state index in [0.717, 1.165) is 12.2 Å². The first-order valence-corrected chi connectivity index (χ1v) is 9.02. The van der Waals surface area contributed by atoms with E-state index in [4.69, 9.17) is 4.42 Å². The summed E-state index contributed by atoms with van der Waals surface area (Å²) in [4.78, 5) is 28.4. The molecule has 3 rings (SSSR count). The Balaban J connectivity index is 2.02. The van der Waals surface area contributed by atoms with Crippen molar-refractivity contribution in [1.82, 2.24) is 4.57 Å². The van der Waals surface area contributed by atoms with E-state index in [1.165, 1.54) is 41.2 Å². The highest BCUT2D eigenvalue weighted by Crippen LogP contribution is 2.33.